The molecule has 3 rings (SSSR count). The Balaban J connectivity index is 1.60. The summed E-state index contributed by atoms with van der Waals surface area (Å²) in [7, 11) is 0. The molecular weight excluding hydrogens is 262 g/mol. The van der Waals surface area contributed by atoms with Gasteiger partial charge < -0.3 is 14.0 Å². The van der Waals surface area contributed by atoms with Gasteiger partial charge in [-0.2, -0.15) is 0 Å². The van der Waals surface area contributed by atoms with E-state index in [4.69, 9.17) is 9.47 Å². The summed E-state index contributed by atoms with van der Waals surface area (Å²) in [5.41, 5.74) is 1.30. The third kappa shape index (κ3) is 3.59. The molecule has 2 heterocycles. The Morgan fingerprint density at radius 2 is 2.29 bits per heavy atom. The van der Waals surface area contributed by atoms with Crippen molar-refractivity contribution in [2.75, 3.05) is 13.2 Å². The van der Waals surface area contributed by atoms with E-state index in [1.54, 1.807) is 0 Å². The topological polar surface area (TPSA) is 23.4 Å². The molecule has 21 heavy (non-hydrogen) atoms. The van der Waals surface area contributed by atoms with Crippen molar-refractivity contribution in [3.05, 3.63) is 30.5 Å². The first-order chi connectivity index (χ1) is 10.4. The zero-order valence-electron chi connectivity index (χ0n) is 12.9. The normalized spacial score (nSPS) is 18.4. The predicted molar refractivity (Wildman–Crippen MR) is 85.9 cm³/mol. The van der Waals surface area contributed by atoms with Gasteiger partial charge in [-0.1, -0.05) is 6.92 Å². The number of hydrogen-bond acceptors (Lipinski definition) is 2. The van der Waals surface area contributed by atoms with Crippen LogP contribution in [0.25, 0.3) is 10.9 Å². The highest BCUT2D eigenvalue weighted by molar-refractivity contribution is 5.81. The summed E-state index contributed by atoms with van der Waals surface area (Å²) >= 11 is 0. The fourth-order valence-electron chi connectivity index (χ4n) is 3.04. The van der Waals surface area contributed by atoms with E-state index < -0.39 is 0 Å². The molecule has 0 saturated carbocycles. The average molecular weight is 287 g/mol. The van der Waals surface area contributed by atoms with Crippen molar-refractivity contribution in [3.8, 4) is 5.75 Å². The Hall–Kier alpha value is -1.48. The quantitative estimate of drug-likeness (QED) is 0.754. The fraction of sp³-hybridized carbons (Fsp3) is 0.556. The summed E-state index contributed by atoms with van der Waals surface area (Å²) in [6.07, 6.45) is 8.56. The van der Waals surface area contributed by atoms with Gasteiger partial charge >= 0.3 is 0 Å². The minimum atomic E-state index is 0.501. The van der Waals surface area contributed by atoms with Gasteiger partial charge in [0.1, 0.15) is 5.75 Å². The Kier molecular flexibility index (Phi) is 4.81. The molecule has 0 aliphatic carbocycles. The molecule has 0 spiro atoms. The standard InChI is InChI=1S/C18H25NO2/c1-2-12-20-17-7-8-18-15(14-17)9-11-19(18)10-3-5-16-6-4-13-21-16/h7-9,11,14,16H,2-6,10,12-13H2,1H3. The highest BCUT2D eigenvalue weighted by Gasteiger charge is 2.14. The zero-order valence-corrected chi connectivity index (χ0v) is 12.9. The molecule has 0 amide bonds. The van der Waals surface area contributed by atoms with Crippen LogP contribution in [0.3, 0.4) is 0 Å². The molecule has 3 heteroatoms. The number of aromatic nitrogens is 1. The SMILES string of the molecule is CCCOc1ccc2c(ccn2CCCC2CCCO2)c1. The second-order valence-electron chi connectivity index (χ2n) is 5.86. The molecule has 1 aromatic heterocycles. The molecule has 3 nitrogen and oxygen atoms in total. The van der Waals surface area contributed by atoms with Gasteiger partial charge in [0.05, 0.1) is 12.7 Å². The van der Waals surface area contributed by atoms with Crippen molar-refractivity contribution in [2.45, 2.75) is 51.7 Å². The maximum Gasteiger partial charge on any atom is 0.120 e. The Bertz CT molecular complexity index is 570. The molecule has 1 fully saturated rings. The lowest BCUT2D eigenvalue weighted by Crippen LogP contribution is -2.06. The number of fused-ring (bicyclic) bond motifs is 1. The number of aryl methyl sites for hydroxylation is 1. The van der Waals surface area contributed by atoms with Crippen LogP contribution in [-0.2, 0) is 11.3 Å². The molecule has 1 atom stereocenters. The Morgan fingerprint density at radius 1 is 1.33 bits per heavy atom. The van der Waals surface area contributed by atoms with Crippen LogP contribution in [0.5, 0.6) is 5.75 Å². The molecule has 2 aromatic rings. The largest absolute Gasteiger partial charge is 0.494 e. The second-order valence-corrected chi connectivity index (χ2v) is 5.86. The van der Waals surface area contributed by atoms with E-state index in [-0.39, 0.29) is 0 Å². The van der Waals surface area contributed by atoms with E-state index >= 15 is 0 Å². The van der Waals surface area contributed by atoms with Gasteiger partial charge in [-0.15, -0.1) is 0 Å². The minimum Gasteiger partial charge on any atom is -0.494 e. The van der Waals surface area contributed by atoms with Crippen molar-refractivity contribution in [2.24, 2.45) is 0 Å². The highest BCUT2D eigenvalue weighted by atomic mass is 16.5. The molecule has 1 aromatic carbocycles. The van der Waals surface area contributed by atoms with Crippen LogP contribution in [0.15, 0.2) is 30.5 Å². The van der Waals surface area contributed by atoms with Crippen LogP contribution in [-0.4, -0.2) is 23.9 Å². The van der Waals surface area contributed by atoms with Gasteiger partial charge in [-0.05, 0) is 56.4 Å². The van der Waals surface area contributed by atoms with Crippen molar-refractivity contribution in [1.82, 2.24) is 4.57 Å². The maximum absolute atomic E-state index is 5.70. The predicted octanol–water partition coefficient (Wildman–Crippen LogP) is 4.39. The molecule has 0 radical (unpaired) electrons. The first-order valence-electron chi connectivity index (χ1n) is 8.20. The first-order valence-corrected chi connectivity index (χ1v) is 8.20. The molecule has 0 bridgehead atoms. The first kappa shape index (κ1) is 14.5. The van der Waals surface area contributed by atoms with E-state index in [1.807, 2.05) is 0 Å². The van der Waals surface area contributed by atoms with Crippen molar-refractivity contribution in [3.63, 3.8) is 0 Å². The summed E-state index contributed by atoms with van der Waals surface area (Å²) in [6, 6.07) is 8.57. The van der Waals surface area contributed by atoms with Crippen LogP contribution in [0.1, 0.15) is 39.0 Å². The molecular formula is C18H25NO2. The van der Waals surface area contributed by atoms with Crippen LogP contribution in [0.4, 0.5) is 0 Å². The molecule has 1 aliphatic rings. The van der Waals surface area contributed by atoms with Gasteiger partial charge in [-0.3, -0.25) is 0 Å². The summed E-state index contributed by atoms with van der Waals surface area (Å²) in [5.74, 6) is 0.974. The number of hydrogen-bond donors (Lipinski definition) is 0. The summed E-state index contributed by atoms with van der Waals surface area (Å²) in [6.45, 7) is 4.94. The van der Waals surface area contributed by atoms with E-state index in [0.717, 1.165) is 31.9 Å². The third-order valence-corrected chi connectivity index (χ3v) is 4.16. The van der Waals surface area contributed by atoms with Crippen LogP contribution in [0.2, 0.25) is 0 Å². The van der Waals surface area contributed by atoms with Crippen LogP contribution >= 0.6 is 0 Å². The van der Waals surface area contributed by atoms with Gasteiger partial charge in [-0.25, -0.2) is 0 Å². The van der Waals surface area contributed by atoms with Gasteiger partial charge in [0.15, 0.2) is 0 Å². The lowest BCUT2D eigenvalue weighted by molar-refractivity contribution is 0.101. The van der Waals surface area contributed by atoms with Crippen LogP contribution in [0, 0.1) is 0 Å². The lowest BCUT2D eigenvalue weighted by Gasteiger charge is -2.10. The van der Waals surface area contributed by atoms with E-state index in [0.29, 0.717) is 6.10 Å². The molecule has 1 aliphatic heterocycles. The number of rotatable bonds is 7. The van der Waals surface area contributed by atoms with E-state index in [2.05, 4.69) is 42.0 Å². The molecule has 114 valence electrons. The monoisotopic (exact) mass is 287 g/mol. The Morgan fingerprint density at radius 3 is 3.10 bits per heavy atom. The summed E-state index contributed by atoms with van der Waals surface area (Å²) < 4.78 is 13.7. The molecule has 0 N–H and O–H groups in total. The summed E-state index contributed by atoms with van der Waals surface area (Å²) in [4.78, 5) is 0. The zero-order chi connectivity index (χ0) is 14.5. The number of ether oxygens (including phenoxy) is 2. The minimum absolute atomic E-state index is 0.501. The van der Waals surface area contributed by atoms with Crippen molar-refractivity contribution < 1.29 is 9.47 Å². The number of benzene rings is 1. The molecule has 1 saturated heterocycles. The third-order valence-electron chi connectivity index (χ3n) is 4.16. The fourth-order valence-corrected chi connectivity index (χ4v) is 3.04. The van der Waals surface area contributed by atoms with Crippen LogP contribution < -0.4 is 4.74 Å². The lowest BCUT2D eigenvalue weighted by atomic mass is 10.1. The average Bonchev–Trinajstić information content (AvgIpc) is 3.15. The summed E-state index contributed by atoms with van der Waals surface area (Å²) in [5, 5.41) is 1.26. The molecule has 1 unspecified atom stereocenters. The second kappa shape index (κ2) is 6.99. The van der Waals surface area contributed by atoms with Crippen molar-refractivity contribution >= 4 is 10.9 Å². The van der Waals surface area contributed by atoms with Gasteiger partial charge in [0, 0.05) is 30.3 Å². The highest BCUT2D eigenvalue weighted by Crippen LogP contribution is 2.23. The van der Waals surface area contributed by atoms with Gasteiger partial charge in [0.2, 0.25) is 0 Å². The van der Waals surface area contributed by atoms with Crippen molar-refractivity contribution in [1.29, 1.82) is 0 Å². The smallest absolute Gasteiger partial charge is 0.120 e. The van der Waals surface area contributed by atoms with E-state index in [9.17, 15) is 0 Å². The Labute approximate surface area is 126 Å². The number of nitrogens with zero attached hydrogens (tertiary/aromatic N) is 1. The van der Waals surface area contributed by atoms with E-state index in [1.165, 1.54) is 36.6 Å². The maximum atomic E-state index is 5.70. The van der Waals surface area contributed by atoms with Gasteiger partial charge in [0.25, 0.3) is 0 Å².